The number of benzene rings is 2. The van der Waals surface area contributed by atoms with Gasteiger partial charge in [0.1, 0.15) is 24.9 Å². The van der Waals surface area contributed by atoms with E-state index >= 15 is 0 Å². The molecule has 2 aromatic carbocycles. The molecular weight excluding hydrogens is 339 g/mol. The molecule has 0 radical (unpaired) electrons. The van der Waals surface area contributed by atoms with Crippen LogP contribution in [0.4, 0.5) is 15.8 Å². The van der Waals surface area contributed by atoms with Crippen LogP contribution in [0.25, 0.3) is 0 Å². The van der Waals surface area contributed by atoms with Crippen LogP contribution in [0.2, 0.25) is 0 Å². The molecule has 7 heteroatoms. The molecule has 0 aromatic heterocycles. The van der Waals surface area contributed by atoms with Crippen molar-refractivity contribution in [1.82, 2.24) is 0 Å². The first-order chi connectivity index (χ1) is 12.6. The van der Waals surface area contributed by atoms with Crippen LogP contribution >= 0.6 is 0 Å². The SMILES string of the molecule is O=C(Nc1ccc(F)cc1)C1CCN(c2ccc3c(c2)OCCO3)C1=O. The van der Waals surface area contributed by atoms with Crippen molar-refractivity contribution in [3.8, 4) is 11.5 Å². The molecule has 0 bridgehead atoms. The molecule has 1 saturated heterocycles. The molecule has 2 heterocycles. The van der Waals surface area contributed by atoms with Crippen LogP contribution in [-0.2, 0) is 9.59 Å². The van der Waals surface area contributed by atoms with E-state index in [4.69, 9.17) is 9.47 Å². The zero-order valence-corrected chi connectivity index (χ0v) is 13.9. The summed E-state index contributed by atoms with van der Waals surface area (Å²) in [5, 5.41) is 2.67. The van der Waals surface area contributed by atoms with Gasteiger partial charge in [0.05, 0.1) is 0 Å². The minimum Gasteiger partial charge on any atom is -0.486 e. The number of carbonyl (C=O) groups excluding carboxylic acids is 2. The lowest BCUT2D eigenvalue weighted by molar-refractivity contribution is -0.129. The zero-order chi connectivity index (χ0) is 18.1. The highest BCUT2D eigenvalue weighted by Gasteiger charge is 2.38. The number of carbonyl (C=O) groups is 2. The summed E-state index contributed by atoms with van der Waals surface area (Å²) >= 11 is 0. The second-order valence-corrected chi connectivity index (χ2v) is 6.16. The van der Waals surface area contributed by atoms with Crippen LogP contribution in [-0.4, -0.2) is 31.6 Å². The fourth-order valence-corrected chi connectivity index (χ4v) is 3.14. The van der Waals surface area contributed by atoms with Gasteiger partial charge in [-0.3, -0.25) is 9.59 Å². The predicted molar refractivity (Wildman–Crippen MR) is 92.9 cm³/mol. The normalized spacial score (nSPS) is 18.7. The standard InChI is InChI=1S/C19H17FN2O4/c20-12-1-3-13(4-2-12)21-18(23)15-7-8-22(19(15)24)14-5-6-16-17(11-14)26-10-9-25-16/h1-6,11,15H,7-10H2,(H,21,23). The van der Waals surface area contributed by atoms with Gasteiger partial charge in [-0.05, 0) is 42.8 Å². The van der Waals surface area contributed by atoms with Crippen molar-refractivity contribution in [2.45, 2.75) is 6.42 Å². The minimum absolute atomic E-state index is 0.263. The number of halogens is 1. The highest BCUT2D eigenvalue weighted by Crippen LogP contribution is 2.36. The Hall–Kier alpha value is -3.09. The van der Waals surface area contributed by atoms with Gasteiger partial charge >= 0.3 is 0 Å². The van der Waals surface area contributed by atoms with Gasteiger partial charge < -0.3 is 19.7 Å². The second kappa shape index (κ2) is 6.67. The predicted octanol–water partition coefficient (Wildman–Crippen LogP) is 2.59. The van der Waals surface area contributed by atoms with Crippen molar-refractivity contribution in [3.63, 3.8) is 0 Å². The molecule has 26 heavy (non-hydrogen) atoms. The van der Waals surface area contributed by atoms with Gasteiger partial charge in [-0.15, -0.1) is 0 Å². The third kappa shape index (κ3) is 3.08. The number of amides is 2. The topological polar surface area (TPSA) is 67.9 Å². The molecule has 0 saturated carbocycles. The Morgan fingerprint density at radius 2 is 1.81 bits per heavy atom. The maximum atomic E-state index is 13.0. The highest BCUT2D eigenvalue weighted by atomic mass is 19.1. The molecule has 0 spiro atoms. The molecule has 1 N–H and O–H groups in total. The van der Waals surface area contributed by atoms with Crippen molar-refractivity contribution in [1.29, 1.82) is 0 Å². The van der Waals surface area contributed by atoms with E-state index in [-0.39, 0.29) is 17.6 Å². The van der Waals surface area contributed by atoms with Gasteiger partial charge in [0, 0.05) is 24.0 Å². The maximum absolute atomic E-state index is 13.0. The molecule has 2 aliphatic rings. The third-order valence-corrected chi connectivity index (χ3v) is 4.47. The van der Waals surface area contributed by atoms with Gasteiger partial charge in [0.15, 0.2) is 11.5 Å². The average molecular weight is 356 g/mol. The number of nitrogens with one attached hydrogen (secondary N) is 1. The van der Waals surface area contributed by atoms with Crippen LogP contribution in [0, 0.1) is 11.7 Å². The Balaban J connectivity index is 1.47. The fraction of sp³-hybridized carbons (Fsp3) is 0.263. The minimum atomic E-state index is -0.770. The molecule has 2 aliphatic heterocycles. The first-order valence-electron chi connectivity index (χ1n) is 8.39. The number of anilines is 2. The Kier molecular flexibility index (Phi) is 4.20. The molecule has 6 nitrogen and oxygen atoms in total. The first-order valence-corrected chi connectivity index (χ1v) is 8.39. The van der Waals surface area contributed by atoms with Crippen molar-refractivity contribution >= 4 is 23.2 Å². The summed E-state index contributed by atoms with van der Waals surface area (Å²) in [6.07, 6.45) is 0.417. The van der Waals surface area contributed by atoms with Crippen molar-refractivity contribution < 1.29 is 23.5 Å². The third-order valence-electron chi connectivity index (χ3n) is 4.47. The summed E-state index contributed by atoms with van der Waals surface area (Å²) in [6, 6.07) is 10.7. The maximum Gasteiger partial charge on any atom is 0.239 e. The molecule has 4 rings (SSSR count). The molecule has 1 unspecified atom stereocenters. The second-order valence-electron chi connectivity index (χ2n) is 6.16. The van der Waals surface area contributed by atoms with Crippen molar-refractivity contribution in [2.24, 2.45) is 5.92 Å². The number of fused-ring (bicyclic) bond motifs is 1. The van der Waals surface area contributed by atoms with Crippen LogP contribution in [0.5, 0.6) is 11.5 Å². The van der Waals surface area contributed by atoms with E-state index in [2.05, 4.69) is 5.32 Å². The zero-order valence-electron chi connectivity index (χ0n) is 13.9. The lowest BCUT2D eigenvalue weighted by Gasteiger charge is -2.22. The Labute approximate surface area is 149 Å². The molecule has 1 fully saturated rings. The molecule has 134 valence electrons. The van der Waals surface area contributed by atoms with E-state index in [1.54, 1.807) is 23.1 Å². The Morgan fingerprint density at radius 3 is 2.58 bits per heavy atom. The van der Waals surface area contributed by atoms with Gasteiger partial charge in [0.25, 0.3) is 0 Å². The Morgan fingerprint density at radius 1 is 1.08 bits per heavy atom. The quantitative estimate of drug-likeness (QED) is 0.859. The number of hydrogen-bond donors (Lipinski definition) is 1. The van der Waals surface area contributed by atoms with Crippen LogP contribution in [0.1, 0.15) is 6.42 Å². The van der Waals surface area contributed by atoms with Crippen LogP contribution in [0.15, 0.2) is 42.5 Å². The molecule has 0 aliphatic carbocycles. The lowest BCUT2D eigenvalue weighted by atomic mass is 10.1. The monoisotopic (exact) mass is 356 g/mol. The molecular formula is C19H17FN2O4. The average Bonchev–Trinajstić information content (AvgIpc) is 3.05. The van der Waals surface area contributed by atoms with Gasteiger partial charge in [-0.25, -0.2) is 4.39 Å². The van der Waals surface area contributed by atoms with E-state index < -0.39 is 5.92 Å². The van der Waals surface area contributed by atoms with Gasteiger partial charge in [-0.2, -0.15) is 0 Å². The summed E-state index contributed by atoms with van der Waals surface area (Å²) in [6.45, 7) is 1.41. The fourth-order valence-electron chi connectivity index (χ4n) is 3.14. The number of ether oxygens (including phenoxy) is 2. The summed E-state index contributed by atoms with van der Waals surface area (Å²) in [7, 11) is 0. The largest absolute Gasteiger partial charge is 0.486 e. The Bertz CT molecular complexity index is 853. The lowest BCUT2D eigenvalue weighted by Crippen LogP contribution is -2.33. The van der Waals surface area contributed by atoms with Crippen molar-refractivity contribution in [2.75, 3.05) is 30.0 Å². The van der Waals surface area contributed by atoms with Crippen LogP contribution < -0.4 is 19.7 Å². The number of rotatable bonds is 3. The summed E-state index contributed by atoms with van der Waals surface area (Å²) in [5.74, 6) is -0.557. The summed E-state index contributed by atoms with van der Waals surface area (Å²) in [4.78, 5) is 26.7. The number of hydrogen-bond acceptors (Lipinski definition) is 4. The van der Waals surface area contributed by atoms with E-state index in [1.165, 1.54) is 24.3 Å². The van der Waals surface area contributed by atoms with E-state index in [0.29, 0.717) is 49.1 Å². The summed E-state index contributed by atoms with van der Waals surface area (Å²) in [5.41, 5.74) is 1.14. The smallest absolute Gasteiger partial charge is 0.239 e. The molecule has 1 atom stereocenters. The highest BCUT2D eigenvalue weighted by molar-refractivity contribution is 6.13. The molecule has 2 amide bonds. The molecule has 2 aromatic rings. The van der Waals surface area contributed by atoms with Crippen molar-refractivity contribution in [3.05, 3.63) is 48.3 Å². The van der Waals surface area contributed by atoms with Gasteiger partial charge in [0.2, 0.25) is 11.8 Å². The summed E-state index contributed by atoms with van der Waals surface area (Å²) < 4.78 is 24.0. The van der Waals surface area contributed by atoms with E-state index in [1.807, 2.05) is 0 Å². The van der Waals surface area contributed by atoms with E-state index in [0.717, 1.165) is 0 Å². The van der Waals surface area contributed by atoms with Crippen LogP contribution in [0.3, 0.4) is 0 Å². The first kappa shape index (κ1) is 16.4. The van der Waals surface area contributed by atoms with E-state index in [9.17, 15) is 14.0 Å². The number of nitrogens with zero attached hydrogens (tertiary/aromatic N) is 1. The van der Waals surface area contributed by atoms with Gasteiger partial charge in [-0.1, -0.05) is 0 Å².